The molecule has 5 saturated carbocycles. The molecule has 57 heavy (non-hydrogen) atoms. The summed E-state index contributed by atoms with van der Waals surface area (Å²) in [6, 6.07) is -0.00196. The van der Waals surface area contributed by atoms with Crippen LogP contribution >= 0.6 is 0 Å². The molecule has 0 radical (unpaired) electrons. The Bertz CT molecular complexity index is 1470. The van der Waals surface area contributed by atoms with E-state index in [-0.39, 0.29) is 57.1 Å². The molecule has 8 nitrogen and oxygen atoms in total. The number of esters is 2. The third kappa shape index (κ3) is 8.91. The number of hydrogen-bond acceptors (Lipinski definition) is 6. The van der Waals surface area contributed by atoms with E-state index < -0.39 is 0 Å². The lowest BCUT2D eigenvalue weighted by Crippen LogP contribution is -2.67. The first-order valence-electron chi connectivity index (χ1n) is 23.2. The zero-order chi connectivity index (χ0) is 42.0. The highest BCUT2D eigenvalue weighted by Gasteiger charge is 2.72. The molecule has 0 aliphatic heterocycles. The van der Waals surface area contributed by atoms with E-state index in [0.29, 0.717) is 67.2 Å². The fourth-order valence-corrected chi connectivity index (χ4v) is 14.8. The summed E-state index contributed by atoms with van der Waals surface area (Å²) >= 11 is 0. The minimum atomic E-state index is -0.306. The molecule has 11 atom stereocenters. The Morgan fingerprint density at radius 1 is 0.772 bits per heavy atom. The highest BCUT2D eigenvalue weighted by molar-refractivity contribution is 5.84. The molecule has 0 bridgehead atoms. The molecule has 5 aliphatic carbocycles. The summed E-state index contributed by atoms with van der Waals surface area (Å²) in [6.45, 7) is 25.9. The Balaban J connectivity index is 1.16. The molecule has 0 heterocycles. The molecule has 8 heteroatoms. The predicted molar refractivity (Wildman–Crippen MR) is 228 cm³/mol. The molecule has 0 aromatic carbocycles. The van der Waals surface area contributed by atoms with Crippen LogP contribution in [0.5, 0.6) is 0 Å². The summed E-state index contributed by atoms with van der Waals surface area (Å²) in [6.07, 6.45) is 18.2. The number of amides is 2. The minimum Gasteiger partial charge on any atom is -0.469 e. The Kier molecular flexibility index (Phi) is 14.5. The van der Waals surface area contributed by atoms with Crippen molar-refractivity contribution in [3.63, 3.8) is 0 Å². The average molecular weight is 795 g/mol. The van der Waals surface area contributed by atoms with Crippen LogP contribution in [0.25, 0.3) is 0 Å². The van der Waals surface area contributed by atoms with Gasteiger partial charge in [0, 0.05) is 37.8 Å². The first-order valence-corrected chi connectivity index (χ1v) is 23.2. The van der Waals surface area contributed by atoms with E-state index in [9.17, 15) is 19.2 Å². The third-order valence-electron chi connectivity index (χ3n) is 17.7. The summed E-state index contributed by atoms with van der Waals surface area (Å²) in [5, 5.41) is 6.64. The molecule has 5 aliphatic rings. The zero-order valence-electron chi connectivity index (χ0n) is 37.9. The van der Waals surface area contributed by atoms with Gasteiger partial charge in [-0.2, -0.15) is 0 Å². The Morgan fingerprint density at radius 3 is 2.14 bits per heavy atom. The van der Waals surface area contributed by atoms with Gasteiger partial charge in [-0.1, -0.05) is 79.9 Å². The van der Waals surface area contributed by atoms with E-state index in [1.165, 1.54) is 38.4 Å². The number of ether oxygens (including phenoxy) is 2. The van der Waals surface area contributed by atoms with Crippen molar-refractivity contribution < 1.29 is 28.7 Å². The predicted octanol–water partition coefficient (Wildman–Crippen LogP) is 10.5. The van der Waals surface area contributed by atoms with Crippen molar-refractivity contribution in [2.24, 2.45) is 62.6 Å². The zero-order valence-corrected chi connectivity index (χ0v) is 37.9. The molecule has 0 spiro atoms. The van der Waals surface area contributed by atoms with Crippen LogP contribution in [-0.4, -0.2) is 49.6 Å². The monoisotopic (exact) mass is 795 g/mol. The maximum Gasteiger partial charge on any atom is 0.305 e. The maximum absolute atomic E-state index is 14.5. The highest BCUT2D eigenvalue weighted by atomic mass is 16.5. The van der Waals surface area contributed by atoms with Crippen molar-refractivity contribution in [2.75, 3.05) is 13.7 Å². The number of nitrogens with one attached hydrogen (secondary N) is 2. The lowest BCUT2D eigenvalue weighted by atomic mass is 9.32. The van der Waals surface area contributed by atoms with Gasteiger partial charge in [-0.3, -0.25) is 19.2 Å². The number of carbonyl (C=O) groups excluding carboxylic acids is 4. The first-order chi connectivity index (χ1) is 26.8. The van der Waals surface area contributed by atoms with Gasteiger partial charge in [-0.15, -0.1) is 0 Å². The molecule has 2 amide bonds. The first kappa shape index (κ1) is 45.7. The minimum absolute atomic E-state index is 0.00196. The highest BCUT2D eigenvalue weighted by Crippen LogP contribution is 2.77. The van der Waals surface area contributed by atoms with Crippen LogP contribution < -0.4 is 10.6 Å². The topological polar surface area (TPSA) is 111 Å². The van der Waals surface area contributed by atoms with Crippen LogP contribution in [0.4, 0.5) is 0 Å². The van der Waals surface area contributed by atoms with E-state index in [1.54, 1.807) is 6.92 Å². The molecule has 5 fully saturated rings. The average Bonchev–Trinajstić information content (AvgIpc) is 3.54. The molecule has 2 N–H and O–H groups in total. The Morgan fingerprint density at radius 2 is 1.47 bits per heavy atom. The fraction of sp³-hybridized carbons (Fsp3) is 0.878. The van der Waals surface area contributed by atoms with Crippen molar-refractivity contribution >= 4 is 23.8 Å². The van der Waals surface area contributed by atoms with Gasteiger partial charge in [-0.05, 0) is 149 Å². The second-order valence-electron chi connectivity index (χ2n) is 21.6. The molecule has 0 aromatic heterocycles. The van der Waals surface area contributed by atoms with E-state index in [0.717, 1.165) is 77.0 Å². The number of fused-ring (bicyclic) bond motifs is 7. The summed E-state index contributed by atoms with van der Waals surface area (Å²) in [5.74, 6) is 2.83. The summed E-state index contributed by atoms with van der Waals surface area (Å²) in [5.41, 5.74) is 1.50. The van der Waals surface area contributed by atoms with Gasteiger partial charge in [0.25, 0.3) is 0 Å². The van der Waals surface area contributed by atoms with Crippen molar-refractivity contribution in [3.05, 3.63) is 12.2 Å². The number of rotatable bonds is 17. The van der Waals surface area contributed by atoms with E-state index in [2.05, 4.69) is 72.6 Å². The largest absolute Gasteiger partial charge is 0.469 e. The van der Waals surface area contributed by atoms with Gasteiger partial charge < -0.3 is 20.1 Å². The van der Waals surface area contributed by atoms with Gasteiger partial charge in [0.15, 0.2) is 0 Å². The molecular weight excluding hydrogens is 713 g/mol. The van der Waals surface area contributed by atoms with Gasteiger partial charge in [0.05, 0.1) is 12.5 Å². The van der Waals surface area contributed by atoms with Crippen LogP contribution in [0.15, 0.2) is 12.2 Å². The molecule has 0 saturated heterocycles. The summed E-state index contributed by atoms with van der Waals surface area (Å²) < 4.78 is 10.8. The van der Waals surface area contributed by atoms with Gasteiger partial charge in [-0.25, -0.2) is 0 Å². The standard InChI is InChI=1S/C49H82N2O6/c1-32(2)31-35(18-21-42(54)56-11)51-41(53)17-15-13-12-14-16-30-50-44(55)49-27-22-36(33(3)4)43(49)37-19-20-39-46(8)25-24-40(57-34(5)52)45(6,7)38(46)23-26-48(39,10)47(37,9)28-29-49/h32,35-40,43H,3,12-31H2,1-2,4-11H3,(H,50,55)(H,51,53)/t35-,36+,37-,38+,39-,40+,43-,46+,47-,48-,49+/m1/s1. The second-order valence-corrected chi connectivity index (χ2v) is 21.6. The van der Waals surface area contributed by atoms with Gasteiger partial charge in [0.2, 0.25) is 11.8 Å². The van der Waals surface area contributed by atoms with E-state index in [1.807, 2.05) is 0 Å². The molecule has 324 valence electrons. The molecule has 5 rings (SSSR count). The number of methoxy groups -OCH3 is 1. The van der Waals surface area contributed by atoms with E-state index in [4.69, 9.17) is 9.47 Å². The van der Waals surface area contributed by atoms with E-state index >= 15 is 0 Å². The van der Waals surface area contributed by atoms with Crippen LogP contribution in [-0.2, 0) is 28.7 Å². The Labute approximate surface area is 347 Å². The molecular formula is C49H82N2O6. The lowest BCUT2D eigenvalue weighted by molar-refractivity contribution is -0.248. The van der Waals surface area contributed by atoms with Crippen molar-refractivity contribution in [1.82, 2.24) is 10.6 Å². The van der Waals surface area contributed by atoms with Crippen LogP contribution in [0.3, 0.4) is 0 Å². The maximum atomic E-state index is 14.5. The van der Waals surface area contributed by atoms with Gasteiger partial charge in [0.1, 0.15) is 6.10 Å². The summed E-state index contributed by atoms with van der Waals surface area (Å²) in [7, 11) is 1.40. The fourth-order valence-electron chi connectivity index (χ4n) is 14.8. The number of unbranched alkanes of at least 4 members (excludes halogenated alkanes) is 4. The number of allylic oxidation sites excluding steroid dienone is 1. The lowest BCUT2D eigenvalue weighted by Gasteiger charge is -2.72. The van der Waals surface area contributed by atoms with Crippen molar-refractivity contribution in [1.29, 1.82) is 0 Å². The summed E-state index contributed by atoms with van der Waals surface area (Å²) in [4.78, 5) is 51.0. The SMILES string of the molecule is C=C(C)[C@@H]1CC[C@]2(C(=O)NCCCCCCCC(=O)N[C@H](CCC(=O)OC)CC(C)C)CC[C@]3(C)[C@H](CC[C@@H]4[C@@]5(C)CC[C@H](OC(C)=O)C(C)(C)[C@@H]5CC[C@]43C)[C@@H]12. The molecule has 0 unspecified atom stereocenters. The second kappa shape index (κ2) is 18.1. The normalized spacial score (nSPS) is 37.1. The van der Waals surface area contributed by atoms with Crippen LogP contribution in [0.2, 0.25) is 0 Å². The van der Waals surface area contributed by atoms with Crippen LogP contribution in [0.1, 0.15) is 184 Å². The number of carbonyl (C=O) groups is 4. The smallest absolute Gasteiger partial charge is 0.305 e. The quantitative estimate of drug-likeness (QED) is 0.0862. The number of hydrogen-bond donors (Lipinski definition) is 2. The van der Waals surface area contributed by atoms with Crippen molar-refractivity contribution in [2.45, 2.75) is 196 Å². The third-order valence-corrected chi connectivity index (χ3v) is 17.7. The van der Waals surface area contributed by atoms with Crippen molar-refractivity contribution in [3.8, 4) is 0 Å². The Hall–Kier alpha value is -2.38. The van der Waals surface area contributed by atoms with Gasteiger partial charge >= 0.3 is 11.9 Å². The van der Waals surface area contributed by atoms with Crippen LogP contribution in [0, 0.1) is 62.6 Å². The molecule has 0 aromatic rings.